The Hall–Kier alpha value is -1.75. The molecule has 1 aromatic carbocycles. The van der Waals surface area contributed by atoms with Crippen LogP contribution in [0.15, 0.2) is 18.2 Å². The Labute approximate surface area is 97.4 Å². The van der Waals surface area contributed by atoms with Crippen LogP contribution in [-0.4, -0.2) is 23.5 Å². The quantitative estimate of drug-likeness (QED) is 0.695. The Kier molecular flexibility index (Phi) is 4.13. The van der Waals surface area contributed by atoms with Crippen molar-refractivity contribution in [1.29, 1.82) is 0 Å². The fraction of sp³-hybridized carbons (Fsp3) is 0.200. The minimum atomic E-state index is -0.364. The van der Waals surface area contributed by atoms with E-state index in [4.69, 9.17) is 16.7 Å². The summed E-state index contributed by atoms with van der Waals surface area (Å²) in [7, 11) is 0. The van der Waals surface area contributed by atoms with Gasteiger partial charge in [-0.1, -0.05) is 11.6 Å². The molecule has 0 spiro atoms. The van der Waals surface area contributed by atoms with Crippen molar-refractivity contribution in [3.05, 3.63) is 23.2 Å². The van der Waals surface area contributed by atoms with Crippen LogP contribution in [0.4, 0.5) is 5.69 Å². The van der Waals surface area contributed by atoms with Crippen LogP contribution < -0.4 is 10.6 Å². The molecule has 6 heteroatoms. The highest BCUT2D eigenvalue weighted by molar-refractivity contribution is 6.32. The average molecular weight is 243 g/mol. The van der Waals surface area contributed by atoms with Gasteiger partial charge >= 0.3 is 0 Å². The molecule has 3 N–H and O–H groups in total. The first-order valence-corrected chi connectivity index (χ1v) is 4.89. The summed E-state index contributed by atoms with van der Waals surface area (Å²) in [6, 6.07) is 4.30. The van der Waals surface area contributed by atoms with Crippen molar-refractivity contribution >= 4 is 29.1 Å². The number of amides is 2. The zero-order chi connectivity index (χ0) is 12.1. The van der Waals surface area contributed by atoms with E-state index >= 15 is 0 Å². The van der Waals surface area contributed by atoms with Gasteiger partial charge in [0.25, 0.3) is 0 Å². The molecule has 0 bridgehead atoms. The van der Waals surface area contributed by atoms with Crippen molar-refractivity contribution in [1.82, 2.24) is 5.32 Å². The van der Waals surface area contributed by atoms with Crippen molar-refractivity contribution in [2.45, 2.75) is 6.92 Å². The van der Waals surface area contributed by atoms with Crippen molar-refractivity contribution in [2.24, 2.45) is 0 Å². The SMILES string of the molecule is CC(=O)NCC(=O)Nc1ccc(O)c(Cl)c1. The van der Waals surface area contributed by atoms with Gasteiger partial charge in [0.05, 0.1) is 11.6 Å². The smallest absolute Gasteiger partial charge is 0.243 e. The normalized spacial score (nSPS) is 9.62. The number of phenols is 1. The Morgan fingerprint density at radius 3 is 2.69 bits per heavy atom. The van der Waals surface area contributed by atoms with Gasteiger partial charge in [-0.05, 0) is 18.2 Å². The van der Waals surface area contributed by atoms with E-state index < -0.39 is 0 Å². The van der Waals surface area contributed by atoms with E-state index in [1.807, 2.05) is 0 Å². The molecular weight excluding hydrogens is 232 g/mol. The predicted molar refractivity (Wildman–Crippen MR) is 60.4 cm³/mol. The maximum Gasteiger partial charge on any atom is 0.243 e. The topological polar surface area (TPSA) is 78.4 Å². The Morgan fingerprint density at radius 1 is 1.44 bits per heavy atom. The molecule has 0 unspecified atom stereocenters. The maximum atomic E-state index is 11.3. The summed E-state index contributed by atoms with van der Waals surface area (Å²) in [5.74, 6) is -0.697. The van der Waals surface area contributed by atoms with Crippen molar-refractivity contribution in [3.8, 4) is 5.75 Å². The monoisotopic (exact) mass is 242 g/mol. The van der Waals surface area contributed by atoms with E-state index in [0.29, 0.717) is 5.69 Å². The standard InChI is InChI=1S/C10H11ClN2O3/c1-6(14)12-5-10(16)13-7-2-3-9(15)8(11)4-7/h2-4,15H,5H2,1H3,(H,12,14)(H,13,16). The summed E-state index contributed by atoms with van der Waals surface area (Å²) in [5, 5.41) is 14.2. The Balaban J connectivity index is 2.56. The first kappa shape index (κ1) is 12.3. The van der Waals surface area contributed by atoms with Crippen LogP contribution in [0.3, 0.4) is 0 Å². The maximum absolute atomic E-state index is 11.3. The number of rotatable bonds is 3. The minimum absolute atomic E-state index is 0.0541. The third-order valence-electron chi connectivity index (χ3n) is 1.73. The number of halogens is 1. The summed E-state index contributed by atoms with van der Waals surface area (Å²) in [6.45, 7) is 1.22. The fourth-order valence-corrected chi connectivity index (χ4v) is 1.18. The van der Waals surface area contributed by atoms with E-state index in [1.54, 1.807) is 0 Å². The zero-order valence-corrected chi connectivity index (χ0v) is 9.34. The number of hydrogen-bond donors (Lipinski definition) is 3. The lowest BCUT2D eigenvalue weighted by molar-refractivity contribution is -0.122. The predicted octanol–water partition coefficient (Wildman–Crippen LogP) is 1.12. The van der Waals surface area contributed by atoms with Gasteiger partial charge in [-0.3, -0.25) is 9.59 Å². The van der Waals surface area contributed by atoms with E-state index in [9.17, 15) is 9.59 Å². The number of benzene rings is 1. The Bertz CT molecular complexity index is 421. The molecule has 16 heavy (non-hydrogen) atoms. The molecule has 1 rings (SSSR count). The van der Waals surface area contributed by atoms with Crippen molar-refractivity contribution in [2.75, 3.05) is 11.9 Å². The lowest BCUT2D eigenvalue weighted by Crippen LogP contribution is -2.31. The van der Waals surface area contributed by atoms with Gasteiger partial charge in [0.15, 0.2) is 0 Å². The molecule has 0 aliphatic heterocycles. The molecule has 0 saturated carbocycles. The number of nitrogens with one attached hydrogen (secondary N) is 2. The highest BCUT2D eigenvalue weighted by Crippen LogP contribution is 2.25. The zero-order valence-electron chi connectivity index (χ0n) is 8.58. The molecule has 0 saturated heterocycles. The van der Waals surface area contributed by atoms with Gasteiger partial charge in [0.1, 0.15) is 5.75 Å². The molecule has 2 amide bonds. The lowest BCUT2D eigenvalue weighted by Gasteiger charge is -2.06. The fourth-order valence-electron chi connectivity index (χ4n) is 0.995. The summed E-state index contributed by atoms with van der Waals surface area (Å²) >= 11 is 5.65. The molecule has 0 aliphatic rings. The van der Waals surface area contributed by atoms with Crippen LogP contribution in [0.25, 0.3) is 0 Å². The molecule has 86 valence electrons. The molecule has 0 atom stereocenters. The molecule has 0 radical (unpaired) electrons. The molecule has 0 aromatic heterocycles. The number of anilines is 1. The molecule has 0 aliphatic carbocycles. The van der Waals surface area contributed by atoms with Crippen LogP contribution in [0, 0.1) is 0 Å². The molecule has 5 nitrogen and oxygen atoms in total. The number of carbonyl (C=O) groups excluding carboxylic acids is 2. The molecule has 0 fully saturated rings. The molecular formula is C10H11ClN2O3. The van der Waals surface area contributed by atoms with Crippen LogP contribution in [0.2, 0.25) is 5.02 Å². The van der Waals surface area contributed by atoms with Gasteiger partial charge in [-0.2, -0.15) is 0 Å². The highest BCUT2D eigenvalue weighted by Gasteiger charge is 2.05. The second kappa shape index (κ2) is 5.37. The highest BCUT2D eigenvalue weighted by atomic mass is 35.5. The van der Waals surface area contributed by atoms with Gasteiger partial charge in [-0.15, -0.1) is 0 Å². The second-order valence-electron chi connectivity index (χ2n) is 3.12. The molecule has 1 aromatic rings. The third kappa shape index (κ3) is 3.78. The average Bonchev–Trinajstić information content (AvgIpc) is 2.21. The summed E-state index contributed by atoms with van der Waals surface area (Å²) < 4.78 is 0. The van der Waals surface area contributed by atoms with E-state index in [1.165, 1.54) is 25.1 Å². The number of phenolic OH excluding ortho intramolecular Hbond substituents is 1. The van der Waals surface area contributed by atoms with Gasteiger partial charge in [-0.25, -0.2) is 0 Å². The van der Waals surface area contributed by atoms with E-state index in [2.05, 4.69) is 10.6 Å². The van der Waals surface area contributed by atoms with E-state index in [0.717, 1.165) is 0 Å². The first-order valence-electron chi connectivity index (χ1n) is 4.52. The summed E-state index contributed by atoms with van der Waals surface area (Å²) in [4.78, 5) is 21.8. The molecule has 0 heterocycles. The number of carbonyl (C=O) groups is 2. The van der Waals surface area contributed by atoms with Crippen molar-refractivity contribution in [3.63, 3.8) is 0 Å². The van der Waals surface area contributed by atoms with Gasteiger partial charge < -0.3 is 15.7 Å². The summed E-state index contributed by atoms with van der Waals surface area (Å²) in [5.41, 5.74) is 0.457. The van der Waals surface area contributed by atoms with Crippen molar-refractivity contribution < 1.29 is 14.7 Å². The van der Waals surface area contributed by atoms with Gasteiger partial charge in [0.2, 0.25) is 11.8 Å². The van der Waals surface area contributed by atoms with Crippen LogP contribution in [0.5, 0.6) is 5.75 Å². The number of hydrogen-bond acceptors (Lipinski definition) is 3. The van der Waals surface area contributed by atoms with Crippen LogP contribution in [-0.2, 0) is 9.59 Å². The summed E-state index contributed by atoms with van der Waals surface area (Å²) in [6.07, 6.45) is 0. The second-order valence-corrected chi connectivity index (χ2v) is 3.53. The Morgan fingerprint density at radius 2 is 2.12 bits per heavy atom. The lowest BCUT2D eigenvalue weighted by atomic mass is 10.3. The first-order chi connectivity index (χ1) is 7.49. The van der Waals surface area contributed by atoms with E-state index in [-0.39, 0.29) is 29.1 Å². The van der Waals surface area contributed by atoms with Gasteiger partial charge in [0, 0.05) is 12.6 Å². The van der Waals surface area contributed by atoms with Crippen LogP contribution in [0.1, 0.15) is 6.92 Å². The van der Waals surface area contributed by atoms with Crippen LogP contribution >= 0.6 is 11.6 Å². The largest absolute Gasteiger partial charge is 0.506 e. The third-order valence-corrected chi connectivity index (χ3v) is 2.03. The number of aromatic hydroxyl groups is 1. The minimum Gasteiger partial charge on any atom is -0.506 e.